The average Bonchev–Trinajstić information content (AvgIpc) is 2.67. The van der Waals surface area contributed by atoms with E-state index in [0.29, 0.717) is 23.6 Å². The third-order valence-electron chi connectivity index (χ3n) is 4.47. The fourth-order valence-electron chi connectivity index (χ4n) is 3.33. The molecule has 1 aromatic carbocycles. The Morgan fingerprint density at radius 1 is 1.04 bits per heavy atom. The fraction of sp³-hybridized carbons (Fsp3) is 0.619. The van der Waals surface area contributed by atoms with E-state index in [9.17, 15) is 13.5 Å². The zero-order chi connectivity index (χ0) is 19.9. The summed E-state index contributed by atoms with van der Waals surface area (Å²) in [6.07, 6.45) is 3.78. The minimum Gasteiger partial charge on any atom is -0.507 e. The summed E-state index contributed by atoms with van der Waals surface area (Å²) in [5.74, 6) is 0.350. The Kier molecular flexibility index (Phi) is 5.65. The highest BCUT2D eigenvalue weighted by atomic mass is 32.2. The first kappa shape index (κ1) is 21.0. The maximum absolute atomic E-state index is 12.4. The van der Waals surface area contributed by atoms with Crippen LogP contribution in [0, 0.1) is 10.8 Å². The molecule has 146 valence electrons. The van der Waals surface area contributed by atoms with Gasteiger partial charge >= 0.3 is 0 Å². The van der Waals surface area contributed by atoms with Gasteiger partial charge in [-0.05, 0) is 65.0 Å². The first-order valence-electron chi connectivity index (χ1n) is 9.21. The predicted octanol–water partition coefficient (Wildman–Crippen LogP) is 4.58. The molecule has 1 aliphatic heterocycles. The first-order chi connectivity index (χ1) is 11.7. The monoisotopic (exact) mass is 379 g/mol. The van der Waals surface area contributed by atoms with Crippen molar-refractivity contribution in [2.45, 2.75) is 60.8 Å². The maximum Gasteiger partial charge on any atom is 0.239 e. The lowest BCUT2D eigenvalue weighted by atomic mass is 9.83. The molecular weight excluding hydrogens is 346 g/mol. The Bertz CT molecular complexity index is 772. The van der Waals surface area contributed by atoms with E-state index in [2.05, 4.69) is 41.5 Å². The molecule has 0 atom stereocenters. The van der Waals surface area contributed by atoms with Crippen LogP contribution in [-0.2, 0) is 22.9 Å². The van der Waals surface area contributed by atoms with Gasteiger partial charge in [-0.2, -0.15) is 0 Å². The number of hydrogen-bond acceptors (Lipinski definition) is 3. The van der Waals surface area contributed by atoms with E-state index in [1.54, 1.807) is 13.1 Å². The third kappa shape index (κ3) is 5.10. The van der Waals surface area contributed by atoms with Crippen LogP contribution in [0.1, 0.15) is 64.7 Å². The molecule has 0 radical (unpaired) electrons. The summed E-state index contributed by atoms with van der Waals surface area (Å²) in [6, 6.07) is 3.88. The van der Waals surface area contributed by atoms with Crippen LogP contribution in [0.25, 0.3) is 6.08 Å². The second-order valence-corrected chi connectivity index (χ2v) is 11.9. The van der Waals surface area contributed by atoms with Crippen molar-refractivity contribution in [1.82, 2.24) is 4.31 Å². The number of rotatable bonds is 3. The van der Waals surface area contributed by atoms with Crippen molar-refractivity contribution in [3.05, 3.63) is 33.7 Å². The molecule has 1 aromatic rings. The van der Waals surface area contributed by atoms with E-state index in [-0.39, 0.29) is 10.8 Å². The van der Waals surface area contributed by atoms with Crippen LogP contribution in [0.15, 0.2) is 17.0 Å². The molecule has 0 unspecified atom stereocenters. The lowest BCUT2D eigenvalue weighted by molar-refractivity contribution is 0.378. The summed E-state index contributed by atoms with van der Waals surface area (Å²) in [7, 11) is -1.72. The molecule has 4 nitrogen and oxygen atoms in total. The zero-order valence-corrected chi connectivity index (χ0v) is 18.0. The summed E-state index contributed by atoms with van der Waals surface area (Å²) in [5.41, 5.74) is 2.68. The summed E-state index contributed by atoms with van der Waals surface area (Å²) in [6.45, 7) is 13.3. The Hall–Kier alpha value is -1.33. The molecule has 2 rings (SSSR count). The Morgan fingerprint density at radius 3 is 1.85 bits per heavy atom. The van der Waals surface area contributed by atoms with Crippen LogP contribution in [-0.4, -0.2) is 31.4 Å². The number of phenolic OH excluding ortho intramolecular Hbond substituents is 1. The normalized spacial score (nSPS) is 20.0. The summed E-state index contributed by atoms with van der Waals surface area (Å²) in [5, 5.41) is 10.8. The molecule has 1 heterocycles. The summed E-state index contributed by atoms with van der Waals surface area (Å²) >= 11 is 0. The molecule has 1 saturated heterocycles. The Labute approximate surface area is 159 Å². The van der Waals surface area contributed by atoms with Gasteiger partial charge in [0.2, 0.25) is 10.0 Å². The number of benzene rings is 1. The van der Waals surface area contributed by atoms with Gasteiger partial charge in [-0.15, -0.1) is 0 Å². The highest BCUT2D eigenvalue weighted by Crippen LogP contribution is 2.36. The molecule has 1 fully saturated rings. The van der Waals surface area contributed by atoms with E-state index in [1.807, 2.05) is 12.1 Å². The summed E-state index contributed by atoms with van der Waals surface area (Å²) in [4.78, 5) is 0.453. The maximum atomic E-state index is 12.4. The fourth-order valence-corrected chi connectivity index (χ4v) is 4.70. The predicted molar refractivity (Wildman–Crippen MR) is 109 cm³/mol. The molecule has 0 bridgehead atoms. The molecule has 0 aliphatic carbocycles. The number of hydrogen-bond donors (Lipinski definition) is 1. The first-order valence-corrected chi connectivity index (χ1v) is 10.6. The average molecular weight is 380 g/mol. The van der Waals surface area contributed by atoms with E-state index < -0.39 is 10.0 Å². The smallest absolute Gasteiger partial charge is 0.239 e. The van der Waals surface area contributed by atoms with Gasteiger partial charge in [-0.25, -0.2) is 12.7 Å². The molecular formula is C21H33NO3S. The van der Waals surface area contributed by atoms with Gasteiger partial charge in [0, 0.05) is 13.6 Å². The van der Waals surface area contributed by atoms with Gasteiger partial charge < -0.3 is 5.11 Å². The van der Waals surface area contributed by atoms with Crippen LogP contribution < -0.4 is 0 Å². The van der Waals surface area contributed by atoms with Crippen LogP contribution in [0.5, 0.6) is 5.75 Å². The van der Waals surface area contributed by atoms with Crippen molar-refractivity contribution in [3.63, 3.8) is 0 Å². The second-order valence-electron chi connectivity index (χ2n) is 9.85. The van der Waals surface area contributed by atoms with Crippen LogP contribution in [0.2, 0.25) is 0 Å². The van der Waals surface area contributed by atoms with E-state index >= 15 is 0 Å². The van der Waals surface area contributed by atoms with Crippen molar-refractivity contribution in [1.29, 1.82) is 0 Å². The van der Waals surface area contributed by atoms with Gasteiger partial charge in [-0.1, -0.05) is 41.5 Å². The Morgan fingerprint density at radius 2 is 1.50 bits per heavy atom. The highest BCUT2D eigenvalue weighted by molar-refractivity contribution is 7.93. The van der Waals surface area contributed by atoms with Crippen molar-refractivity contribution in [2.75, 3.05) is 13.6 Å². The van der Waals surface area contributed by atoms with Crippen molar-refractivity contribution >= 4 is 16.1 Å². The molecule has 0 amide bonds. The van der Waals surface area contributed by atoms with E-state index in [4.69, 9.17) is 0 Å². The topological polar surface area (TPSA) is 57.6 Å². The van der Waals surface area contributed by atoms with Crippen LogP contribution in [0.3, 0.4) is 0 Å². The molecule has 0 aromatic heterocycles. The Balaban J connectivity index is 2.56. The van der Waals surface area contributed by atoms with Crippen molar-refractivity contribution in [3.8, 4) is 5.75 Å². The quantitative estimate of drug-likeness (QED) is 0.836. The minimum absolute atomic E-state index is 0.0297. The molecule has 5 heteroatoms. The lowest BCUT2D eigenvalue weighted by Crippen LogP contribution is -2.19. The van der Waals surface area contributed by atoms with E-state index in [1.165, 1.54) is 4.31 Å². The van der Waals surface area contributed by atoms with Gasteiger partial charge in [0.05, 0.1) is 4.91 Å². The van der Waals surface area contributed by atoms with Gasteiger partial charge in [0.15, 0.2) is 0 Å². The third-order valence-corrected chi connectivity index (χ3v) is 6.46. The van der Waals surface area contributed by atoms with Crippen LogP contribution >= 0.6 is 0 Å². The number of nitrogens with zero attached hydrogens (tertiary/aromatic N) is 1. The molecule has 0 spiro atoms. The van der Waals surface area contributed by atoms with Gasteiger partial charge in [-0.3, -0.25) is 0 Å². The summed E-state index contributed by atoms with van der Waals surface area (Å²) < 4.78 is 26.2. The molecule has 1 aliphatic rings. The molecule has 1 N–H and O–H groups in total. The number of aromatic hydroxyl groups is 1. The minimum atomic E-state index is -3.34. The highest BCUT2D eigenvalue weighted by Gasteiger charge is 2.30. The zero-order valence-electron chi connectivity index (χ0n) is 17.2. The second kappa shape index (κ2) is 7.01. The number of sulfonamides is 1. The molecule has 0 saturated carbocycles. The van der Waals surface area contributed by atoms with Crippen molar-refractivity contribution in [2.24, 2.45) is 10.8 Å². The number of phenols is 1. The van der Waals surface area contributed by atoms with E-state index in [0.717, 1.165) is 29.5 Å². The lowest BCUT2D eigenvalue weighted by Gasteiger charge is -2.23. The van der Waals surface area contributed by atoms with Crippen molar-refractivity contribution < 1.29 is 13.5 Å². The van der Waals surface area contributed by atoms with Gasteiger partial charge in [0.1, 0.15) is 5.75 Å². The van der Waals surface area contributed by atoms with Gasteiger partial charge in [0.25, 0.3) is 0 Å². The molecule has 26 heavy (non-hydrogen) atoms. The standard InChI is InChI=1S/C21H33NO3S/c1-20(2,3)13-16-10-15(11-17(19(16)23)14-21(4,5)6)12-18-8-9-22(7)26(18,24)25/h10-12,23H,8-9,13-14H2,1-7H3/b18-12-. The SMILES string of the molecule is CN1CC/C(=C/c2cc(CC(C)(C)C)c(O)c(CC(C)(C)C)c2)S1(=O)=O. The van der Waals surface area contributed by atoms with Crippen LogP contribution in [0.4, 0.5) is 0 Å². The largest absolute Gasteiger partial charge is 0.507 e.